The number of ether oxygens (including phenoxy) is 1. The lowest BCUT2D eigenvalue weighted by molar-refractivity contribution is -0.127. The highest BCUT2D eigenvalue weighted by molar-refractivity contribution is 5.95. The lowest BCUT2D eigenvalue weighted by Gasteiger charge is -2.05. The number of amides is 2. The number of carbonyl (C=O) groups excluding carboxylic acids is 2. The quantitative estimate of drug-likeness (QED) is 0.763. The number of nitrogens with one attached hydrogen (secondary N) is 2. The van der Waals surface area contributed by atoms with Crippen LogP contribution in [0.4, 0.5) is 0 Å². The summed E-state index contributed by atoms with van der Waals surface area (Å²) in [6.07, 6.45) is 3.02. The Hall–Kier alpha value is -2.34. The average molecular weight is 262 g/mol. The minimum atomic E-state index is -0.631. The lowest BCUT2D eigenvalue weighted by atomic mass is 10.2. The van der Waals surface area contributed by atoms with Gasteiger partial charge in [-0.15, -0.1) is 0 Å². The molecule has 1 aromatic rings. The lowest BCUT2D eigenvalue weighted by Crippen LogP contribution is -2.40. The van der Waals surface area contributed by atoms with Gasteiger partial charge in [-0.25, -0.2) is 5.48 Å². The van der Waals surface area contributed by atoms with Crippen molar-refractivity contribution in [1.82, 2.24) is 10.8 Å². The molecule has 19 heavy (non-hydrogen) atoms. The summed E-state index contributed by atoms with van der Waals surface area (Å²) in [6.45, 7) is 0.140. The first-order valence-corrected chi connectivity index (χ1v) is 5.73. The third-order valence-corrected chi connectivity index (χ3v) is 2.60. The van der Waals surface area contributed by atoms with Gasteiger partial charge in [0, 0.05) is 6.08 Å². The molecule has 0 radical (unpaired) electrons. The predicted octanol–water partition coefficient (Wildman–Crippen LogP) is 0.255. The van der Waals surface area contributed by atoms with Gasteiger partial charge in [-0.3, -0.25) is 14.4 Å². The van der Waals surface area contributed by atoms with Gasteiger partial charge in [0.2, 0.25) is 5.91 Å². The van der Waals surface area contributed by atoms with Crippen LogP contribution < -0.4 is 15.5 Å². The largest absolute Gasteiger partial charge is 0.497 e. The SMILES string of the molecule is COc1ccc(/C=C/C(=O)N[C@H]2CONC2=O)cc1. The van der Waals surface area contributed by atoms with E-state index in [0.717, 1.165) is 11.3 Å². The molecule has 1 heterocycles. The molecular weight excluding hydrogens is 248 g/mol. The predicted molar refractivity (Wildman–Crippen MR) is 68.1 cm³/mol. The number of hydrogen-bond donors (Lipinski definition) is 2. The van der Waals surface area contributed by atoms with Gasteiger partial charge < -0.3 is 10.1 Å². The topological polar surface area (TPSA) is 76.7 Å². The fourth-order valence-corrected chi connectivity index (χ4v) is 1.56. The Bertz CT molecular complexity index is 496. The van der Waals surface area contributed by atoms with Crippen LogP contribution in [0.15, 0.2) is 30.3 Å². The van der Waals surface area contributed by atoms with Crippen LogP contribution in [0.2, 0.25) is 0 Å². The molecule has 1 aliphatic heterocycles. The molecule has 6 heteroatoms. The first-order valence-electron chi connectivity index (χ1n) is 5.73. The molecule has 2 rings (SSSR count). The molecule has 2 N–H and O–H groups in total. The van der Waals surface area contributed by atoms with E-state index < -0.39 is 6.04 Å². The second kappa shape index (κ2) is 6.01. The molecule has 0 spiro atoms. The van der Waals surface area contributed by atoms with Crippen LogP contribution in [-0.2, 0) is 14.4 Å². The van der Waals surface area contributed by atoms with Crippen molar-refractivity contribution in [3.05, 3.63) is 35.9 Å². The fraction of sp³-hybridized carbons (Fsp3) is 0.231. The van der Waals surface area contributed by atoms with E-state index in [-0.39, 0.29) is 18.4 Å². The van der Waals surface area contributed by atoms with Crippen LogP contribution in [0.5, 0.6) is 5.75 Å². The maximum atomic E-state index is 11.6. The first kappa shape index (κ1) is 13.1. The maximum absolute atomic E-state index is 11.6. The molecule has 1 aliphatic rings. The van der Waals surface area contributed by atoms with E-state index in [1.165, 1.54) is 6.08 Å². The van der Waals surface area contributed by atoms with Crippen LogP contribution in [0.25, 0.3) is 6.08 Å². The minimum absolute atomic E-state index is 0.140. The normalized spacial score (nSPS) is 18.4. The molecule has 2 amide bonds. The van der Waals surface area contributed by atoms with Gasteiger partial charge >= 0.3 is 0 Å². The third-order valence-electron chi connectivity index (χ3n) is 2.60. The van der Waals surface area contributed by atoms with Gasteiger partial charge in [-0.05, 0) is 23.8 Å². The van der Waals surface area contributed by atoms with Crippen molar-refractivity contribution in [3.8, 4) is 5.75 Å². The smallest absolute Gasteiger partial charge is 0.268 e. The van der Waals surface area contributed by atoms with Crippen molar-refractivity contribution in [2.45, 2.75) is 6.04 Å². The zero-order valence-corrected chi connectivity index (χ0v) is 10.4. The molecule has 0 bridgehead atoms. The van der Waals surface area contributed by atoms with Crippen molar-refractivity contribution < 1.29 is 19.2 Å². The summed E-state index contributed by atoms with van der Waals surface area (Å²) in [4.78, 5) is 27.5. The summed E-state index contributed by atoms with van der Waals surface area (Å²) < 4.78 is 5.03. The van der Waals surface area contributed by atoms with Gasteiger partial charge in [0.15, 0.2) is 0 Å². The van der Waals surface area contributed by atoms with Crippen LogP contribution >= 0.6 is 0 Å². The van der Waals surface area contributed by atoms with E-state index in [1.54, 1.807) is 25.3 Å². The van der Waals surface area contributed by atoms with E-state index in [2.05, 4.69) is 10.8 Å². The van der Waals surface area contributed by atoms with Crippen LogP contribution in [0.3, 0.4) is 0 Å². The Kier molecular flexibility index (Phi) is 4.15. The number of hydroxylamine groups is 1. The van der Waals surface area contributed by atoms with Gasteiger partial charge in [0.1, 0.15) is 18.4 Å². The van der Waals surface area contributed by atoms with E-state index in [1.807, 2.05) is 12.1 Å². The molecule has 0 saturated carbocycles. The second-order valence-electron chi connectivity index (χ2n) is 3.94. The van der Waals surface area contributed by atoms with Crippen molar-refractivity contribution >= 4 is 17.9 Å². The molecule has 100 valence electrons. The van der Waals surface area contributed by atoms with Gasteiger partial charge in [-0.2, -0.15) is 0 Å². The zero-order valence-electron chi connectivity index (χ0n) is 10.4. The molecule has 1 fully saturated rings. The number of benzene rings is 1. The van der Waals surface area contributed by atoms with Gasteiger partial charge in [0.25, 0.3) is 5.91 Å². The molecule has 0 aromatic heterocycles. The molecular formula is C13H14N2O4. The number of rotatable bonds is 4. The summed E-state index contributed by atoms with van der Waals surface area (Å²) in [5.41, 5.74) is 3.03. The molecule has 0 unspecified atom stereocenters. The standard InChI is InChI=1S/C13H14N2O4/c1-18-10-5-2-9(3-6-10)4-7-12(16)14-11-8-19-15-13(11)17/h2-7,11H,8H2,1H3,(H,14,16)(H,15,17)/b7-4+/t11-/m0/s1. The Morgan fingerprint density at radius 2 is 2.21 bits per heavy atom. The summed E-state index contributed by atoms with van der Waals surface area (Å²) in [7, 11) is 1.59. The number of methoxy groups -OCH3 is 1. The van der Waals surface area contributed by atoms with E-state index in [9.17, 15) is 9.59 Å². The second-order valence-corrected chi connectivity index (χ2v) is 3.94. The van der Waals surface area contributed by atoms with E-state index >= 15 is 0 Å². The molecule has 6 nitrogen and oxygen atoms in total. The van der Waals surface area contributed by atoms with Crippen molar-refractivity contribution in [2.75, 3.05) is 13.7 Å². The summed E-state index contributed by atoms with van der Waals surface area (Å²) in [5.74, 6) is 0.0639. The Morgan fingerprint density at radius 3 is 2.79 bits per heavy atom. The van der Waals surface area contributed by atoms with Crippen molar-refractivity contribution in [2.24, 2.45) is 0 Å². The van der Waals surface area contributed by atoms with Crippen LogP contribution in [0, 0.1) is 0 Å². The zero-order chi connectivity index (χ0) is 13.7. The molecule has 1 saturated heterocycles. The van der Waals surface area contributed by atoms with E-state index in [0.29, 0.717) is 0 Å². The first-order chi connectivity index (χ1) is 9.19. The van der Waals surface area contributed by atoms with Gasteiger partial charge in [0.05, 0.1) is 7.11 Å². The maximum Gasteiger partial charge on any atom is 0.268 e. The van der Waals surface area contributed by atoms with Crippen molar-refractivity contribution in [1.29, 1.82) is 0 Å². The highest BCUT2D eigenvalue weighted by Gasteiger charge is 2.26. The molecule has 1 atom stereocenters. The number of carbonyl (C=O) groups is 2. The Morgan fingerprint density at radius 1 is 1.47 bits per heavy atom. The highest BCUT2D eigenvalue weighted by atomic mass is 16.7. The van der Waals surface area contributed by atoms with E-state index in [4.69, 9.17) is 9.57 Å². The van der Waals surface area contributed by atoms with Crippen LogP contribution in [0.1, 0.15) is 5.56 Å². The Labute approximate surface area is 110 Å². The molecule has 0 aliphatic carbocycles. The average Bonchev–Trinajstić information content (AvgIpc) is 2.82. The van der Waals surface area contributed by atoms with Crippen molar-refractivity contribution in [3.63, 3.8) is 0 Å². The Balaban J connectivity index is 1.90. The summed E-state index contributed by atoms with van der Waals surface area (Å²) in [6, 6.07) is 6.63. The minimum Gasteiger partial charge on any atom is -0.497 e. The monoisotopic (exact) mass is 262 g/mol. The van der Waals surface area contributed by atoms with Crippen LogP contribution in [-0.4, -0.2) is 31.6 Å². The summed E-state index contributed by atoms with van der Waals surface area (Å²) in [5, 5.41) is 2.53. The summed E-state index contributed by atoms with van der Waals surface area (Å²) >= 11 is 0. The number of hydrogen-bond acceptors (Lipinski definition) is 4. The highest BCUT2D eigenvalue weighted by Crippen LogP contribution is 2.12. The van der Waals surface area contributed by atoms with Gasteiger partial charge in [-0.1, -0.05) is 12.1 Å². The molecule has 1 aromatic carbocycles. The third kappa shape index (κ3) is 3.56. The fourth-order valence-electron chi connectivity index (χ4n) is 1.56.